The molecule has 0 bridgehead atoms. The quantitative estimate of drug-likeness (QED) is 0.874. The highest BCUT2D eigenvalue weighted by Crippen LogP contribution is 2.32. The molecule has 1 N–H and O–H groups in total. The van der Waals surface area contributed by atoms with Crippen molar-refractivity contribution in [2.75, 3.05) is 18.0 Å². The number of nitrogens with one attached hydrogen (secondary N) is 1. The smallest absolute Gasteiger partial charge is 0.0642 e. The van der Waals surface area contributed by atoms with E-state index in [-0.39, 0.29) is 0 Å². The molecule has 3 heteroatoms. The van der Waals surface area contributed by atoms with Crippen molar-refractivity contribution in [2.45, 2.75) is 46.2 Å². The Bertz CT molecular complexity index is 417. The van der Waals surface area contributed by atoms with Crippen LogP contribution in [0.15, 0.2) is 18.2 Å². The lowest BCUT2D eigenvalue weighted by Gasteiger charge is -2.25. The second-order valence-electron chi connectivity index (χ2n) is 6.00. The van der Waals surface area contributed by atoms with E-state index in [1.807, 2.05) is 0 Å². The van der Waals surface area contributed by atoms with Gasteiger partial charge >= 0.3 is 0 Å². The van der Waals surface area contributed by atoms with Gasteiger partial charge in [-0.25, -0.2) is 0 Å². The fourth-order valence-electron chi connectivity index (χ4n) is 2.69. The van der Waals surface area contributed by atoms with Crippen LogP contribution < -0.4 is 10.2 Å². The van der Waals surface area contributed by atoms with Crippen LogP contribution >= 0.6 is 11.6 Å². The Labute approximate surface area is 122 Å². The van der Waals surface area contributed by atoms with Crippen molar-refractivity contribution in [1.29, 1.82) is 0 Å². The van der Waals surface area contributed by atoms with Gasteiger partial charge in [-0.2, -0.15) is 0 Å². The number of nitrogens with zero attached hydrogens (tertiary/aromatic N) is 1. The molecule has 1 unspecified atom stereocenters. The fourth-order valence-corrected chi connectivity index (χ4v) is 3.00. The maximum atomic E-state index is 6.45. The van der Waals surface area contributed by atoms with E-state index in [0.717, 1.165) is 24.7 Å². The Morgan fingerprint density at radius 1 is 1.42 bits per heavy atom. The molecule has 0 saturated carbocycles. The Balaban J connectivity index is 2.00. The van der Waals surface area contributed by atoms with E-state index in [1.165, 1.54) is 24.1 Å². The van der Waals surface area contributed by atoms with Gasteiger partial charge < -0.3 is 10.2 Å². The average molecular weight is 281 g/mol. The van der Waals surface area contributed by atoms with Gasteiger partial charge in [-0.3, -0.25) is 0 Å². The van der Waals surface area contributed by atoms with E-state index in [0.29, 0.717) is 12.0 Å². The van der Waals surface area contributed by atoms with Crippen LogP contribution in [0.3, 0.4) is 0 Å². The van der Waals surface area contributed by atoms with E-state index < -0.39 is 0 Å². The molecule has 1 aromatic carbocycles. The van der Waals surface area contributed by atoms with Gasteiger partial charge in [0.25, 0.3) is 0 Å². The molecule has 0 aliphatic carbocycles. The molecule has 1 aromatic rings. The first-order chi connectivity index (χ1) is 9.08. The topological polar surface area (TPSA) is 15.3 Å². The summed E-state index contributed by atoms with van der Waals surface area (Å²) in [4.78, 5) is 2.42. The second kappa shape index (κ2) is 6.62. The van der Waals surface area contributed by atoms with Crippen LogP contribution in [0.4, 0.5) is 5.69 Å². The standard InChI is InChI=1S/C16H25ClN2/c1-12(2)10-18-11-14-6-7-16(15(17)9-14)19-8-4-5-13(19)3/h6-7,9,12-13,18H,4-5,8,10-11H2,1-3H3. The van der Waals surface area contributed by atoms with E-state index in [2.05, 4.69) is 49.2 Å². The number of anilines is 1. The Morgan fingerprint density at radius 2 is 2.21 bits per heavy atom. The zero-order valence-electron chi connectivity index (χ0n) is 12.2. The molecule has 1 aliphatic heterocycles. The lowest BCUT2D eigenvalue weighted by molar-refractivity contribution is 0.552. The molecule has 106 valence electrons. The largest absolute Gasteiger partial charge is 0.368 e. The Kier molecular flexibility index (Phi) is 5.12. The van der Waals surface area contributed by atoms with Crippen molar-refractivity contribution < 1.29 is 0 Å². The van der Waals surface area contributed by atoms with Gasteiger partial charge in [0.05, 0.1) is 10.7 Å². The highest BCUT2D eigenvalue weighted by molar-refractivity contribution is 6.33. The molecule has 1 aliphatic rings. The van der Waals surface area contributed by atoms with Crippen molar-refractivity contribution in [1.82, 2.24) is 5.32 Å². The van der Waals surface area contributed by atoms with Gasteiger partial charge in [0.1, 0.15) is 0 Å². The molecule has 0 aromatic heterocycles. The van der Waals surface area contributed by atoms with Crippen LogP contribution in [0.5, 0.6) is 0 Å². The third kappa shape index (κ3) is 3.87. The molecular weight excluding hydrogens is 256 g/mol. The highest BCUT2D eigenvalue weighted by Gasteiger charge is 2.22. The number of benzene rings is 1. The summed E-state index contributed by atoms with van der Waals surface area (Å²) in [7, 11) is 0. The summed E-state index contributed by atoms with van der Waals surface area (Å²) >= 11 is 6.45. The van der Waals surface area contributed by atoms with Crippen LogP contribution in [0.2, 0.25) is 5.02 Å². The normalized spacial score (nSPS) is 19.4. The highest BCUT2D eigenvalue weighted by atomic mass is 35.5. The van der Waals surface area contributed by atoms with Gasteiger partial charge in [-0.15, -0.1) is 0 Å². The molecule has 0 spiro atoms. The lowest BCUT2D eigenvalue weighted by atomic mass is 10.1. The molecule has 1 fully saturated rings. The fraction of sp³-hybridized carbons (Fsp3) is 0.625. The minimum atomic E-state index is 0.613. The first kappa shape index (κ1) is 14.7. The predicted molar refractivity (Wildman–Crippen MR) is 84.0 cm³/mol. The van der Waals surface area contributed by atoms with Crippen molar-refractivity contribution in [3.63, 3.8) is 0 Å². The van der Waals surface area contributed by atoms with Crippen LogP contribution in [-0.2, 0) is 6.54 Å². The van der Waals surface area contributed by atoms with E-state index >= 15 is 0 Å². The summed E-state index contributed by atoms with van der Waals surface area (Å²) in [5.41, 5.74) is 2.46. The van der Waals surface area contributed by atoms with Gasteiger partial charge in [0, 0.05) is 19.1 Å². The van der Waals surface area contributed by atoms with E-state index in [4.69, 9.17) is 11.6 Å². The molecule has 1 saturated heterocycles. The van der Waals surface area contributed by atoms with Gasteiger partial charge in [0.2, 0.25) is 0 Å². The third-order valence-electron chi connectivity index (χ3n) is 3.76. The van der Waals surface area contributed by atoms with E-state index in [1.54, 1.807) is 0 Å². The van der Waals surface area contributed by atoms with Crippen LogP contribution in [0.1, 0.15) is 39.2 Å². The molecule has 0 radical (unpaired) electrons. The zero-order valence-corrected chi connectivity index (χ0v) is 13.0. The molecule has 2 rings (SSSR count). The average Bonchev–Trinajstić information content (AvgIpc) is 2.75. The number of halogens is 1. The first-order valence-corrected chi connectivity index (χ1v) is 7.71. The summed E-state index contributed by atoms with van der Waals surface area (Å²) in [6.45, 7) is 9.79. The lowest BCUT2D eigenvalue weighted by Crippen LogP contribution is -2.26. The summed E-state index contributed by atoms with van der Waals surface area (Å²) in [5.74, 6) is 0.681. The predicted octanol–water partition coefficient (Wildman–Crippen LogP) is 4.07. The molecule has 1 heterocycles. The minimum Gasteiger partial charge on any atom is -0.368 e. The maximum Gasteiger partial charge on any atom is 0.0642 e. The number of hydrogen-bond acceptors (Lipinski definition) is 2. The molecule has 19 heavy (non-hydrogen) atoms. The summed E-state index contributed by atoms with van der Waals surface area (Å²) in [6.07, 6.45) is 2.54. The van der Waals surface area contributed by atoms with Crippen molar-refractivity contribution in [3.05, 3.63) is 28.8 Å². The van der Waals surface area contributed by atoms with Gasteiger partial charge in [0.15, 0.2) is 0 Å². The monoisotopic (exact) mass is 280 g/mol. The third-order valence-corrected chi connectivity index (χ3v) is 4.06. The van der Waals surface area contributed by atoms with Crippen LogP contribution in [0.25, 0.3) is 0 Å². The maximum absolute atomic E-state index is 6.45. The van der Waals surface area contributed by atoms with Crippen molar-refractivity contribution >= 4 is 17.3 Å². The number of rotatable bonds is 5. The van der Waals surface area contributed by atoms with Gasteiger partial charge in [-0.1, -0.05) is 31.5 Å². The molecule has 0 amide bonds. The SMILES string of the molecule is CC(C)CNCc1ccc(N2CCCC2C)c(Cl)c1. The molecule has 1 atom stereocenters. The molecular formula is C16H25ClN2. The minimum absolute atomic E-state index is 0.613. The number of hydrogen-bond donors (Lipinski definition) is 1. The van der Waals surface area contributed by atoms with Crippen LogP contribution in [0, 0.1) is 5.92 Å². The summed E-state index contributed by atoms with van der Waals surface area (Å²) in [5, 5.41) is 4.34. The first-order valence-electron chi connectivity index (χ1n) is 7.33. The van der Waals surface area contributed by atoms with Crippen molar-refractivity contribution in [2.24, 2.45) is 5.92 Å². The Morgan fingerprint density at radius 3 is 2.79 bits per heavy atom. The zero-order chi connectivity index (χ0) is 13.8. The van der Waals surface area contributed by atoms with E-state index in [9.17, 15) is 0 Å². The summed E-state index contributed by atoms with van der Waals surface area (Å²) < 4.78 is 0. The van der Waals surface area contributed by atoms with Crippen LogP contribution in [-0.4, -0.2) is 19.1 Å². The Hall–Kier alpha value is -0.730. The van der Waals surface area contributed by atoms with Crippen molar-refractivity contribution in [3.8, 4) is 0 Å². The van der Waals surface area contributed by atoms with Gasteiger partial charge in [-0.05, 0) is 49.9 Å². The summed E-state index contributed by atoms with van der Waals surface area (Å²) in [6, 6.07) is 7.09. The molecule has 2 nitrogen and oxygen atoms in total. The second-order valence-corrected chi connectivity index (χ2v) is 6.40.